The van der Waals surface area contributed by atoms with Gasteiger partial charge in [0.2, 0.25) is 0 Å². The van der Waals surface area contributed by atoms with Crippen molar-refractivity contribution in [3.63, 3.8) is 0 Å². The fourth-order valence-corrected chi connectivity index (χ4v) is 1.86. The van der Waals surface area contributed by atoms with Crippen molar-refractivity contribution in [2.24, 2.45) is 5.73 Å². The highest BCUT2D eigenvalue weighted by molar-refractivity contribution is 5.41. The summed E-state index contributed by atoms with van der Waals surface area (Å²) in [4.78, 5) is 0. The summed E-state index contributed by atoms with van der Waals surface area (Å²) in [7, 11) is 0. The minimum absolute atomic E-state index is 0.0712. The van der Waals surface area contributed by atoms with Gasteiger partial charge in [-0.15, -0.1) is 0 Å². The van der Waals surface area contributed by atoms with Gasteiger partial charge in [-0.05, 0) is 36.5 Å². The van der Waals surface area contributed by atoms with Crippen LogP contribution in [0.4, 0.5) is 4.39 Å². The van der Waals surface area contributed by atoms with E-state index >= 15 is 0 Å². The Morgan fingerprint density at radius 2 is 2.23 bits per heavy atom. The summed E-state index contributed by atoms with van der Waals surface area (Å²) in [6.07, 6.45) is 2.29. The van der Waals surface area contributed by atoms with Crippen LogP contribution in [0, 0.1) is 5.82 Å². The normalized spacial score (nSPS) is 21.2. The van der Waals surface area contributed by atoms with E-state index in [2.05, 4.69) is 0 Å². The molecule has 0 bridgehead atoms. The maximum atomic E-state index is 12.9. The van der Waals surface area contributed by atoms with Crippen LogP contribution in [0.15, 0.2) is 12.1 Å². The molecule has 0 aromatic heterocycles. The van der Waals surface area contributed by atoms with Crippen LogP contribution in [0.25, 0.3) is 0 Å². The molecule has 1 aromatic rings. The molecule has 70 valence electrons. The van der Waals surface area contributed by atoms with Gasteiger partial charge in [0.1, 0.15) is 11.6 Å². The highest BCUT2D eigenvalue weighted by Crippen LogP contribution is 2.29. The standard InChI is InChI=1S/C10H12FNO/c11-7-3-6-4-8(12)1-2-9(6)10(13)5-7/h3,5,8,13H,1-2,4,12H2/t8-/m0/s1. The molecule has 0 fully saturated rings. The van der Waals surface area contributed by atoms with Crippen molar-refractivity contribution in [1.29, 1.82) is 0 Å². The lowest BCUT2D eigenvalue weighted by molar-refractivity contribution is 0.450. The third-order valence-electron chi connectivity index (χ3n) is 2.53. The van der Waals surface area contributed by atoms with Crippen LogP contribution in [0.2, 0.25) is 0 Å². The summed E-state index contributed by atoms with van der Waals surface area (Å²) in [5.74, 6) is -0.313. The molecule has 1 atom stereocenters. The smallest absolute Gasteiger partial charge is 0.127 e. The molecule has 1 aromatic carbocycles. The lowest BCUT2D eigenvalue weighted by Gasteiger charge is -2.21. The molecule has 1 aliphatic rings. The van der Waals surface area contributed by atoms with Gasteiger partial charge in [0.05, 0.1) is 0 Å². The Balaban J connectivity index is 2.47. The number of fused-ring (bicyclic) bond motifs is 1. The molecule has 3 N–H and O–H groups in total. The van der Waals surface area contributed by atoms with Crippen LogP contribution < -0.4 is 5.73 Å². The molecule has 1 aliphatic carbocycles. The van der Waals surface area contributed by atoms with Crippen LogP contribution in [-0.2, 0) is 12.8 Å². The van der Waals surface area contributed by atoms with Gasteiger partial charge in [-0.3, -0.25) is 0 Å². The number of hydrogen-bond acceptors (Lipinski definition) is 2. The van der Waals surface area contributed by atoms with E-state index in [1.54, 1.807) is 0 Å². The second-order valence-corrected chi connectivity index (χ2v) is 3.57. The van der Waals surface area contributed by atoms with Crippen molar-refractivity contribution < 1.29 is 9.50 Å². The van der Waals surface area contributed by atoms with Gasteiger partial charge >= 0.3 is 0 Å². The van der Waals surface area contributed by atoms with Crippen molar-refractivity contribution in [3.8, 4) is 5.75 Å². The van der Waals surface area contributed by atoms with E-state index in [1.165, 1.54) is 6.07 Å². The number of rotatable bonds is 0. The van der Waals surface area contributed by atoms with Gasteiger partial charge in [0.15, 0.2) is 0 Å². The molecule has 0 aliphatic heterocycles. The minimum atomic E-state index is -0.384. The van der Waals surface area contributed by atoms with Crippen molar-refractivity contribution in [1.82, 2.24) is 0 Å². The van der Waals surface area contributed by atoms with E-state index in [0.717, 1.165) is 30.0 Å². The van der Waals surface area contributed by atoms with Gasteiger partial charge < -0.3 is 10.8 Å². The maximum absolute atomic E-state index is 12.9. The molecule has 0 saturated heterocycles. The van der Waals surface area contributed by atoms with Gasteiger partial charge in [0, 0.05) is 12.1 Å². The first-order valence-electron chi connectivity index (χ1n) is 4.42. The Kier molecular flexibility index (Phi) is 1.96. The number of aromatic hydroxyl groups is 1. The lowest BCUT2D eigenvalue weighted by atomic mass is 9.88. The minimum Gasteiger partial charge on any atom is -0.508 e. The first kappa shape index (κ1) is 8.51. The Bertz CT molecular complexity index is 338. The molecule has 2 rings (SSSR count). The summed E-state index contributed by atoms with van der Waals surface area (Å²) in [6, 6.07) is 2.73. The summed E-state index contributed by atoms with van der Waals surface area (Å²) in [5, 5.41) is 9.44. The molecule has 0 radical (unpaired) electrons. The predicted molar refractivity (Wildman–Crippen MR) is 48.1 cm³/mol. The second-order valence-electron chi connectivity index (χ2n) is 3.57. The molecule has 13 heavy (non-hydrogen) atoms. The zero-order chi connectivity index (χ0) is 9.42. The van der Waals surface area contributed by atoms with E-state index in [1.807, 2.05) is 0 Å². The van der Waals surface area contributed by atoms with E-state index in [9.17, 15) is 9.50 Å². The van der Waals surface area contributed by atoms with E-state index in [4.69, 9.17) is 5.73 Å². The molecule has 3 heteroatoms. The molecule has 2 nitrogen and oxygen atoms in total. The number of benzene rings is 1. The average molecular weight is 181 g/mol. The van der Waals surface area contributed by atoms with Crippen LogP contribution in [0.3, 0.4) is 0 Å². The van der Waals surface area contributed by atoms with Gasteiger partial charge in [-0.25, -0.2) is 4.39 Å². The summed E-state index contributed by atoms with van der Waals surface area (Å²) >= 11 is 0. The summed E-state index contributed by atoms with van der Waals surface area (Å²) in [6.45, 7) is 0. The number of phenolic OH excluding ortho intramolecular Hbond substituents is 1. The molecular formula is C10H12FNO. The molecule has 0 spiro atoms. The highest BCUT2D eigenvalue weighted by atomic mass is 19.1. The lowest BCUT2D eigenvalue weighted by Crippen LogP contribution is -2.27. The van der Waals surface area contributed by atoms with Gasteiger partial charge in [-0.2, -0.15) is 0 Å². The van der Waals surface area contributed by atoms with Gasteiger partial charge in [0.25, 0.3) is 0 Å². The van der Waals surface area contributed by atoms with E-state index in [-0.39, 0.29) is 17.6 Å². The number of hydrogen-bond donors (Lipinski definition) is 2. The van der Waals surface area contributed by atoms with Crippen molar-refractivity contribution >= 4 is 0 Å². The number of nitrogens with two attached hydrogens (primary N) is 1. The van der Waals surface area contributed by atoms with E-state index in [0.29, 0.717) is 6.42 Å². The predicted octanol–water partition coefficient (Wildman–Crippen LogP) is 1.35. The zero-order valence-electron chi connectivity index (χ0n) is 7.26. The van der Waals surface area contributed by atoms with Gasteiger partial charge in [-0.1, -0.05) is 0 Å². The Morgan fingerprint density at radius 1 is 1.46 bits per heavy atom. The second kappa shape index (κ2) is 3.00. The summed E-state index contributed by atoms with van der Waals surface area (Å²) in [5.41, 5.74) is 7.47. The number of halogens is 1. The largest absolute Gasteiger partial charge is 0.508 e. The van der Waals surface area contributed by atoms with E-state index < -0.39 is 0 Å². The monoisotopic (exact) mass is 181 g/mol. The van der Waals surface area contributed by atoms with Crippen LogP contribution in [0.5, 0.6) is 5.75 Å². The molecule has 0 heterocycles. The fourth-order valence-electron chi connectivity index (χ4n) is 1.86. The van der Waals surface area contributed by atoms with Crippen molar-refractivity contribution in [2.45, 2.75) is 25.3 Å². The fraction of sp³-hybridized carbons (Fsp3) is 0.400. The molecule has 0 saturated carbocycles. The number of phenols is 1. The molecule has 0 unspecified atom stereocenters. The Labute approximate surface area is 76.2 Å². The SMILES string of the molecule is N[C@H]1CCc2c(O)cc(F)cc2C1. The van der Waals surface area contributed by atoms with Crippen LogP contribution in [0.1, 0.15) is 17.5 Å². The molecule has 0 amide bonds. The molecular weight excluding hydrogens is 169 g/mol. The Morgan fingerprint density at radius 3 is 3.00 bits per heavy atom. The topological polar surface area (TPSA) is 46.2 Å². The third-order valence-corrected chi connectivity index (χ3v) is 2.53. The van der Waals surface area contributed by atoms with Crippen LogP contribution >= 0.6 is 0 Å². The zero-order valence-corrected chi connectivity index (χ0v) is 7.26. The van der Waals surface area contributed by atoms with Crippen LogP contribution in [-0.4, -0.2) is 11.1 Å². The maximum Gasteiger partial charge on any atom is 0.127 e. The summed E-state index contributed by atoms with van der Waals surface area (Å²) < 4.78 is 12.9. The Hall–Kier alpha value is -1.09. The average Bonchev–Trinajstić information content (AvgIpc) is 2.02. The quantitative estimate of drug-likeness (QED) is 0.634. The highest BCUT2D eigenvalue weighted by Gasteiger charge is 2.18. The van der Waals surface area contributed by atoms with Crippen molar-refractivity contribution in [2.75, 3.05) is 0 Å². The first-order valence-corrected chi connectivity index (χ1v) is 4.42. The van der Waals surface area contributed by atoms with Crippen molar-refractivity contribution in [3.05, 3.63) is 29.1 Å². The first-order chi connectivity index (χ1) is 6.16. The third kappa shape index (κ3) is 1.52.